The molecule has 0 radical (unpaired) electrons. The van der Waals surface area contributed by atoms with Crippen molar-refractivity contribution < 1.29 is 9.72 Å². The Balaban J connectivity index is 1.50. The molecule has 9 heteroatoms. The second-order valence-corrected chi connectivity index (χ2v) is 8.54. The number of benzene rings is 2. The van der Waals surface area contributed by atoms with Crippen LogP contribution in [0.5, 0.6) is 0 Å². The van der Waals surface area contributed by atoms with Gasteiger partial charge in [0.25, 0.3) is 5.69 Å². The van der Waals surface area contributed by atoms with Crippen molar-refractivity contribution in [1.82, 2.24) is 4.98 Å². The van der Waals surface area contributed by atoms with Gasteiger partial charge in [-0.25, -0.2) is 9.78 Å². The molecule has 3 aromatic rings. The number of carbonyl (C=O) groups excluding carboxylic acids is 1. The number of hydrogen-bond acceptors (Lipinski definition) is 6. The standard InChI is InChI=1S/C24H28N6O3/c1-28(2)22-15-23(27-19-8-4-3-7-18(19)22)26-16-11-13-17(14-12-16)29(24(25)31)20-9-5-6-10-21(20)30(32)33/h3-10,15-17H,11-14H2,1-2H3,(H2,25,31)(H,26,27)/t16-,17+. The Morgan fingerprint density at radius 3 is 2.39 bits per heavy atom. The van der Waals surface area contributed by atoms with Crippen LogP contribution in [0.15, 0.2) is 54.6 Å². The number of amides is 2. The first-order chi connectivity index (χ1) is 15.8. The first-order valence-electron chi connectivity index (χ1n) is 11.0. The lowest BCUT2D eigenvalue weighted by Gasteiger charge is -2.36. The number of nitrogens with zero attached hydrogens (tertiary/aromatic N) is 4. The fraction of sp³-hybridized carbons (Fsp3) is 0.333. The van der Waals surface area contributed by atoms with E-state index in [1.54, 1.807) is 18.2 Å². The van der Waals surface area contributed by atoms with E-state index in [9.17, 15) is 14.9 Å². The van der Waals surface area contributed by atoms with E-state index in [-0.39, 0.29) is 23.5 Å². The maximum atomic E-state index is 12.3. The number of para-hydroxylation sites is 3. The minimum atomic E-state index is -0.674. The molecule has 33 heavy (non-hydrogen) atoms. The van der Waals surface area contributed by atoms with Gasteiger partial charge in [0.15, 0.2) is 0 Å². The number of urea groups is 1. The van der Waals surface area contributed by atoms with E-state index >= 15 is 0 Å². The first-order valence-corrected chi connectivity index (χ1v) is 11.0. The van der Waals surface area contributed by atoms with Crippen LogP contribution >= 0.6 is 0 Å². The van der Waals surface area contributed by atoms with Crippen molar-refractivity contribution in [3.05, 3.63) is 64.7 Å². The molecule has 0 bridgehead atoms. The van der Waals surface area contributed by atoms with Gasteiger partial charge in [0.2, 0.25) is 0 Å². The number of anilines is 3. The third kappa shape index (κ3) is 4.67. The zero-order valence-electron chi connectivity index (χ0n) is 18.8. The topological polar surface area (TPSA) is 118 Å². The number of nitro benzene ring substituents is 1. The number of hydrogen-bond donors (Lipinski definition) is 2. The van der Waals surface area contributed by atoms with Crippen LogP contribution in [0.2, 0.25) is 0 Å². The van der Waals surface area contributed by atoms with Gasteiger partial charge in [0.05, 0.1) is 10.4 Å². The third-order valence-corrected chi connectivity index (χ3v) is 6.17. The molecule has 9 nitrogen and oxygen atoms in total. The van der Waals surface area contributed by atoms with Crippen molar-refractivity contribution in [3.8, 4) is 0 Å². The molecule has 0 atom stereocenters. The minimum Gasteiger partial charge on any atom is -0.377 e. The van der Waals surface area contributed by atoms with Crippen LogP contribution in [0.25, 0.3) is 10.9 Å². The number of aromatic nitrogens is 1. The highest BCUT2D eigenvalue weighted by atomic mass is 16.6. The van der Waals surface area contributed by atoms with Crippen LogP contribution < -0.4 is 20.9 Å². The monoisotopic (exact) mass is 448 g/mol. The summed E-state index contributed by atoms with van der Waals surface area (Å²) in [7, 11) is 4.02. The van der Waals surface area contributed by atoms with Gasteiger partial charge >= 0.3 is 6.03 Å². The zero-order chi connectivity index (χ0) is 23.5. The van der Waals surface area contributed by atoms with Gasteiger partial charge in [-0.15, -0.1) is 0 Å². The molecule has 172 valence electrons. The average Bonchev–Trinajstić information content (AvgIpc) is 2.80. The van der Waals surface area contributed by atoms with E-state index < -0.39 is 11.0 Å². The molecule has 0 unspecified atom stereocenters. The van der Waals surface area contributed by atoms with Crippen molar-refractivity contribution in [2.45, 2.75) is 37.8 Å². The summed E-state index contributed by atoms with van der Waals surface area (Å²) in [4.78, 5) is 31.5. The number of fused-ring (bicyclic) bond motifs is 1. The lowest BCUT2D eigenvalue weighted by molar-refractivity contribution is -0.384. The van der Waals surface area contributed by atoms with Gasteiger partial charge in [0, 0.05) is 49.4 Å². The normalized spacial score (nSPS) is 18.0. The summed E-state index contributed by atoms with van der Waals surface area (Å²) in [5, 5.41) is 16.1. The Hall–Kier alpha value is -3.88. The van der Waals surface area contributed by atoms with Crippen LogP contribution in [0.1, 0.15) is 25.7 Å². The molecule has 0 saturated heterocycles. The van der Waals surface area contributed by atoms with Crippen LogP contribution in [0.4, 0.5) is 27.7 Å². The highest BCUT2D eigenvalue weighted by Gasteiger charge is 2.32. The van der Waals surface area contributed by atoms with Crippen molar-refractivity contribution >= 4 is 39.8 Å². The number of pyridine rings is 1. The van der Waals surface area contributed by atoms with Gasteiger partial charge in [-0.1, -0.05) is 30.3 Å². The highest BCUT2D eigenvalue weighted by Crippen LogP contribution is 2.35. The summed E-state index contributed by atoms with van der Waals surface area (Å²) in [6, 6.07) is 15.7. The number of primary amides is 1. The smallest absolute Gasteiger partial charge is 0.319 e. The quantitative estimate of drug-likeness (QED) is 0.423. The van der Waals surface area contributed by atoms with E-state index in [1.165, 1.54) is 11.0 Å². The molecule has 2 amide bonds. The van der Waals surface area contributed by atoms with E-state index in [0.717, 1.165) is 35.2 Å². The van der Waals surface area contributed by atoms with Gasteiger partial charge in [-0.2, -0.15) is 0 Å². The zero-order valence-corrected chi connectivity index (χ0v) is 18.8. The SMILES string of the molecule is CN(C)c1cc(N[C@H]2CC[C@@H](N(C(N)=O)c3ccccc3[N+](=O)[O-])CC2)nc2ccccc12. The number of carbonyl (C=O) groups is 1. The molecule has 0 aliphatic heterocycles. The molecule has 3 N–H and O–H groups in total. The molecule has 1 heterocycles. The Kier molecular flexibility index (Phi) is 6.30. The molecule has 1 fully saturated rings. The number of nitrogens with one attached hydrogen (secondary N) is 1. The molecular formula is C24H28N6O3. The van der Waals surface area contributed by atoms with Crippen molar-refractivity contribution in [2.24, 2.45) is 5.73 Å². The van der Waals surface area contributed by atoms with Crippen molar-refractivity contribution in [3.63, 3.8) is 0 Å². The van der Waals surface area contributed by atoms with E-state index in [2.05, 4.69) is 22.3 Å². The van der Waals surface area contributed by atoms with E-state index in [0.29, 0.717) is 12.8 Å². The predicted octanol–water partition coefficient (Wildman–Crippen LogP) is 4.52. The summed E-state index contributed by atoms with van der Waals surface area (Å²) in [5.41, 5.74) is 7.81. The molecule has 1 aliphatic carbocycles. The molecular weight excluding hydrogens is 420 g/mol. The predicted molar refractivity (Wildman–Crippen MR) is 131 cm³/mol. The summed E-state index contributed by atoms with van der Waals surface area (Å²) < 4.78 is 0. The molecule has 1 saturated carbocycles. The number of rotatable bonds is 6. The Bertz CT molecular complexity index is 1170. The maximum Gasteiger partial charge on any atom is 0.319 e. The summed E-state index contributed by atoms with van der Waals surface area (Å²) in [5.74, 6) is 0.811. The summed E-state index contributed by atoms with van der Waals surface area (Å²) in [6.45, 7) is 0. The largest absolute Gasteiger partial charge is 0.377 e. The van der Waals surface area contributed by atoms with Gasteiger partial charge < -0.3 is 16.0 Å². The molecule has 0 spiro atoms. The van der Waals surface area contributed by atoms with Crippen LogP contribution in [0.3, 0.4) is 0 Å². The van der Waals surface area contributed by atoms with E-state index in [4.69, 9.17) is 10.7 Å². The summed E-state index contributed by atoms with van der Waals surface area (Å²) >= 11 is 0. The van der Waals surface area contributed by atoms with Crippen LogP contribution in [-0.2, 0) is 0 Å². The Labute approximate surface area is 192 Å². The fourth-order valence-electron chi connectivity index (χ4n) is 4.61. The average molecular weight is 449 g/mol. The lowest BCUT2D eigenvalue weighted by Crippen LogP contribution is -2.47. The number of nitro groups is 1. The van der Waals surface area contributed by atoms with Crippen molar-refractivity contribution in [2.75, 3.05) is 29.2 Å². The number of nitrogens with two attached hydrogens (primary N) is 1. The van der Waals surface area contributed by atoms with E-state index in [1.807, 2.05) is 32.3 Å². The summed E-state index contributed by atoms with van der Waals surface area (Å²) in [6.07, 6.45) is 2.95. The van der Waals surface area contributed by atoms with Crippen molar-refractivity contribution in [1.29, 1.82) is 0 Å². The second kappa shape index (κ2) is 9.32. The third-order valence-electron chi connectivity index (χ3n) is 6.17. The minimum absolute atomic E-state index is 0.117. The van der Waals surface area contributed by atoms with Gasteiger partial charge in [0.1, 0.15) is 11.5 Å². The van der Waals surface area contributed by atoms with Gasteiger partial charge in [-0.3, -0.25) is 15.0 Å². The second-order valence-electron chi connectivity index (χ2n) is 8.54. The molecule has 2 aromatic carbocycles. The van der Waals surface area contributed by atoms with Crippen LogP contribution in [-0.4, -0.2) is 42.1 Å². The maximum absolute atomic E-state index is 12.3. The lowest BCUT2D eigenvalue weighted by atomic mass is 9.89. The van der Waals surface area contributed by atoms with Crippen LogP contribution in [0, 0.1) is 10.1 Å². The fourth-order valence-corrected chi connectivity index (χ4v) is 4.61. The van der Waals surface area contributed by atoms with Gasteiger partial charge in [-0.05, 0) is 37.8 Å². The molecule has 4 rings (SSSR count). The Morgan fingerprint density at radius 2 is 1.73 bits per heavy atom. The molecule has 1 aliphatic rings. The highest BCUT2D eigenvalue weighted by molar-refractivity contribution is 5.94. The Morgan fingerprint density at radius 1 is 1.06 bits per heavy atom. The molecule has 1 aromatic heterocycles. The first kappa shape index (κ1) is 22.3.